The number of nitrogens with zero attached hydrogens (tertiary/aromatic N) is 1. The quantitative estimate of drug-likeness (QED) is 0.912. The van der Waals surface area contributed by atoms with Gasteiger partial charge < -0.3 is 10.2 Å². The average molecular weight is 294 g/mol. The lowest BCUT2D eigenvalue weighted by Crippen LogP contribution is -2.47. The minimum Gasteiger partial charge on any atom is -0.361 e. The third-order valence-corrected chi connectivity index (χ3v) is 4.42. The van der Waals surface area contributed by atoms with Crippen molar-refractivity contribution < 1.29 is 4.79 Å². The zero-order valence-corrected chi connectivity index (χ0v) is 13.3. The van der Waals surface area contributed by atoms with Crippen LogP contribution < -0.4 is 5.32 Å². The van der Waals surface area contributed by atoms with Crippen LogP contribution in [0.25, 0.3) is 0 Å². The summed E-state index contributed by atoms with van der Waals surface area (Å²) < 4.78 is 0. The molecular formula is C19H22N2O. The maximum atomic E-state index is 13.0. The number of rotatable bonds is 3. The summed E-state index contributed by atoms with van der Waals surface area (Å²) in [5.74, 6) is 0.106. The van der Waals surface area contributed by atoms with Crippen LogP contribution in [0.15, 0.2) is 48.5 Å². The number of hydrogen-bond acceptors (Lipinski definition) is 2. The van der Waals surface area contributed by atoms with Crippen LogP contribution in [0.5, 0.6) is 0 Å². The lowest BCUT2D eigenvalue weighted by atomic mass is 10.0. The number of fused-ring (bicyclic) bond motifs is 1. The molecule has 3 rings (SSSR count). The predicted molar refractivity (Wildman–Crippen MR) is 89.9 cm³/mol. The highest BCUT2D eigenvalue weighted by atomic mass is 16.2. The molecule has 3 nitrogen and oxygen atoms in total. The van der Waals surface area contributed by atoms with Crippen LogP contribution in [0.4, 0.5) is 5.69 Å². The predicted octanol–water partition coefficient (Wildman–Crippen LogP) is 4.36. The number of para-hydroxylation sites is 1. The Labute approximate surface area is 132 Å². The third kappa shape index (κ3) is 2.47. The Morgan fingerprint density at radius 2 is 1.82 bits per heavy atom. The fourth-order valence-corrected chi connectivity index (χ4v) is 2.91. The molecule has 0 unspecified atom stereocenters. The Balaban J connectivity index is 2.06. The molecule has 0 saturated heterocycles. The van der Waals surface area contributed by atoms with E-state index in [-0.39, 0.29) is 18.1 Å². The van der Waals surface area contributed by atoms with Crippen LogP contribution in [0, 0.1) is 6.92 Å². The van der Waals surface area contributed by atoms with Crippen molar-refractivity contribution in [3.63, 3.8) is 0 Å². The molecule has 0 bridgehead atoms. The first-order valence-electron chi connectivity index (χ1n) is 7.86. The number of hydrogen-bond donors (Lipinski definition) is 1. The van der Waals surface area contributed by atoms with Gasteiger partial charge in [-0.1, -0.05) is 48.9 Å². The lowest BCUT2D eigenvalue weighted by Gasteiger charge is -2.41. The normalized spacial score (nSPS) is 18.6. The molecule has 114 valence electrons. The summed E-state index contributed by atoms with van der Waals surface area (Å²) in [7, 11) is 0. The Morgan fingerprint density at radius 3 is 2.50 bits per heavy atom. The highest BCUT2D eigenvalue weighted by Crippen LogP contribution is 2.34. The molecule has 1 aliphatic heterocycles. The molecule has 0 spiro atoms. The largest absolute Gasteiger partial charge is 0.361 e. The maximum Gasteiger partial charge on any atom is 0.258 e. The first kappa shape index (κ1) is 14.6. The monoisotopic (exact) mass is 294 g/mol. The SMILES string of the molecule is CC[C@H](C)N1C(=O)c2ccccc2N[C@H]1c1ccc(C)cc1. The fourth-order valence-electron chi connectivity index (χ4n) is 2.91. The van der Waals surface area contributed by atoms with E-state index < -0.39 is 0 Å². The molecule has 22 heavy (non-hydrogen) atoms. The second-order valence-electron chi connectivity index (χ2n) is 5.97. The third-order valence-electron chi connectivity index (χ3n) is 4.42. The fraction of sp³-hybridized carbons (Fsp3) is 0.316. The molecule has 2 aromatic carbocycles. The van der Waals surface area contributed by atoms with Gasteiger partial charge in [-0.2, -0.15) is 0 Å². The van der Waals surface area contributed by atoms with Crippen molar-refractivity contribution in [2.24, 2.45) is 0 Å². The van der Waals surface area contributed by atoms with E-state index in [9.17, 15) is 4.79 Å². The number of anilines is 1. The molecule has 1 N–H and O–H groups in total. The summed E-state index contributed by atoms with van der Waals surface area (Å²) >= 11 is 0. The Morgan fingerprint density at radius 1 is 1.14 bits per heavy atom. The summed E-state index contributed by atoms with van der Waals surface area (Å²) in [6.07, 6.45) is 0.816. The number of amides is 1. The van der Waals surface area contributed by atoms with Gasteiger partial charge in [0, 0.05) is 11.7 Å². The molecule has 2 atom stereocenters. The summed E-state index contributed by atoms with van der Waals surface area (Å²) in [6.45, 7) is 6.30. The molecule has 1 heterocycles. The Bertz CT molecular complexity index is 678. The van der Waals surface area contributed by atoms with E-state index in [1.807, 2.05) is 29.2 Å². The molecule has 0 fully saturated rings. The van der Waals surface area contributed by atoms with Gasteiger partial charge in [-0.15, -0.1) is 0 Å². The molecule has 0 radical (unpaired) electrons. The van der Waals surface area contributed by atoms with E-state index in [2.05, 4.69) is 50.4 Å². The standard InChI is InChI=1S/C19H22N2O/c1-4-14(3)21-18(15-11-9-13(2)10-12-15)20-17-8-6-5-7-16(17)19(21)22/h5-12,14,18,20H,4H2,1-3H3/t14-,18+/m0/s1. The van der Waals surface area contributed by atoms with Crippen molar-refractivity contribution in [3.8, 4) is 0 Å². The first-order valence-corrected chi connectivity index (χ1v) is 7.86. The maximum absolute atomic E-state index is 13.0. The second-order valence-corrected chi connectivity index (χ2v) is 5.97. The van der Waals surface area contributed by atoms with E-state index in [0.29, 0.717) is 0 Å². The van der Waals surface area contributed by atoms with Crippen molar-refractivity contribution in [3.05, 3.63) is 65.2 Å². The minimum atomic E-state index is -0.113. The molecule has 2 aromatic rings. The molecule has 1 amide bonds. The van der Waals surface area contributed by atoms with Crippen LogP contribution in [0.1, 0.15) is 47.9 Å². The zero-order chi connectivity index (χ0) is 15.7. The van der Waals surface area contributed by atoms with Gasteiger partial charge in [0.05, 0.1) is 5.56 Å². The van der Waals surface area contributed by atoms with Crippen LogP contribution in [0.2, 0.25) is 0 Å². The summed E-state index contributed by atoms with van der Waals surface area (Å²) in [5.41, 5.74) is 4.01. The van der Waals surface area contributed by atoms with Gasteiger partial charge in [0.1, 0.15) is 6.17 Å². The van der Waals surface area contributed by atoms with Gasteiger partial charge in [-0.05, 0) is 38.0 Å². The van der Waals surface area contributed by atoms with Crippen molar-refractivity contribution in [1.82, 2.24) is 4.90 Å². The van der Waals surface area contributed by atoms with Gasteiger partial charge in [-0.3, -0.25) is 4.79 Å². The van der Waals surface area contributed by atoms with Gasteiger partial charge in [0.15, 0.2) is 0 Å². The summed E-state index contributed by atoms with van der Waals surface area (Å²) in [4.78, 5) is 14.9. The number of nitrogens with one attached hydrogen (secondary N) is 1. The van der Waals surface area contributed by atoms with E-state index in [0.717, 1.165) is 23.2 Å². The highest BCUT2D eigenvalue weighted by Gasteiger charge is 2.35. The smallest absolute Gasteiger partial charge is 0.258 e. The molecule has 1 aliphatic rings. The second kappa shape index (κ2) is 5.84. The summed E-state index contributed by atoms with van der Waals surface area (Å²) in [6, 6.07) is 16.3. The van der Waals surface area contributed by atoms with Crippen molar-refractivity contribution in [2.45, 2.75) is 39.4 Å². The summed E-state index contributed by atoms with van der Waals surface area (Å²) in [5, 5.41) is 3.53. The van der Waals surface area contributed by atoms with Crippen LogP contribution >= 0.6 is 0 Å². The van der Waals surface area contributed by atoms with Crippen LogP contribution in [0.3, 0.4) is 0 Å². The number of carbonyl (C=O) groups excluding carboxylic acids is 1. The zero-order valence-electron chi connectivity index (χ0n) is 13.3. The van der Waals surface area contributed by atoms with Gasteiger partial charge >= 0.3 is 0 Å². The van der Waals surface area contributed by atoms with Gasteiger partial charge in [0.2, 0.25) is 0 Å². The highest BCUT2D eigenvalue weighted by molar-refractivity contribution is 6.01. The Kier molecular flexibility index (Phi) is 3.88. The molecule has 0 aliphatic carbocycles. The minimum absolute atomic E-state index is 0.106. The van der Waals surface area contributed by atoms with Crippen LogP contribution in [-0.4, -0.2) is 16.8 Å². The van der Waals surface area contributed by atoms with Gasteiger partial charge in [-0.25, -0.2) is 0 Å². The van der Waals surface area contributed by atoms with E-state index in [1.165, 1.54) is 5.56 Å². The molecular weight excluding hydrogens is 272 g/mol. The van der Waals surface area contributed by atoms with E-state index in [1.54, 1.807) is 0 Å². The van der Waals surface area contributed by atoms with Crippen molar-refractivity contribution in [1.29, 1.82) is 0 Å². The van der Waals surface area contributed by atoms with Crippen molar-refractivity contribution in [2.75, 3.05) is 5.32 Å². The molecule has 3 heteroatoms. The van der Waals surface area contributed by atoms with Crippen LogP contribution in [-0.2, 0) is 0 Å². The van der Waals surface area contributed by atoms with Gasteiger partial charge in [0.25, 0.3) is 5.91 Å². The molecule has 0 saturated carbocycles. The number of carbonyl (C=O) groups is 1. The number of benzene rings is 2. The van der Waals surface area contributed by atoms with E-state index >= 15 is 0 Å². The van der Waals surface area contributed by atoms with Crippen molar-refractivity contribution >= 4 is 11.6 Å². The Hall–Kier alpha value is -2.29. The molecule has 0 aromatic heterocycles. The number of aryl methyl sites for hydroxylation is 1. The first-order chi connectivity index (χ1) is 10.6. The lowest BCUT2D eigenvalue weighted by molar-refractivity contribution is 0.0593. The average Bonchev–Trinajstić information content (AvgIpc) is 2.55. The van der Waals surface area contributed by atoms with E-state index in [4.69, 9.17) is 0 Å². The topological polar surface area (TPSA) is 32.3 Å².